The standard InChI is InChI=1S/C21H21ClF3N3O3/c1-26-10-11-28-15(18(30)21(23,24)25)3-5-17(28)20(26)6-8-27(9-7-20)19(31)13-2-4-16(29)14(22)12-13/h2-5,12,29H,6-11H2,1H3. The molecule has 1 amide bonds. The number of likely N-dealkylation sites (N-methyl/N-ethyl adjacent to an activating group) is 1. The molecule has 4 rings (SSSR count). The van der Waals surface area contributed by atoms with E-state index in [0.717, 1.165) is 0 Å². The average Bonchev–Trinajstić information content (AvgIpc) is 3.16. The van der Waals surface area contributed by atoms with Crippen LogP contribution in [0.3, 0.4) is 0 Å². The molecule has 1 aromatic heterocycles. The quantitative estimate of drug-likeness (QED) is 0.702. The lowest BCUT2D eigenvalue weighted by Gasteiger charge is -2.50. The van der Waals surface area contributed by atoms with Gasteiger partial charge in [0.1, 0.15) is 5.75 Å². The number of aromatic hydroxyl groups is 1. The first kappa shape index (κ1) is 21.7. The molecule has 3 heterocycles. The van der Waals surface area contributed by atoms with Crippen molar-refractivity contribution in [2.75, 3.05) is 26.7 Å². The number of carbonyl (C=O) groups excluding carboxylic acids is 2. The van der Waals surface area contributed by atoms with Gasteiger partial charge in [-0.3, -0.25) is 14.5 Å². The number of fused-ring (bicyclic) bond motifs is 2. The van der Waals surface area contributed by atoms with Crippen molar-refractivity contribution in [3.8, 4) is 5.75 Å². The van der Waals surface area contributed by atoms with Crippen LogP contribution < -0.4 is 0 Å². The maximum absolute atomic E-state index is 13.0. The van der Waals surface area contributed by atoms with E-state index in [9.17, 15) is 27.9 Å². The Morgan fingerprint density at radius 2 is 1.74 bits per heavy atom. The van der Waals surface area contributed by atoms with Crippen LogP contribution in [0, 0.1) is 0 Å². The van der Waals surface area contributed by atoms with Gasteiger partial charge in [0.05, 0.1) is 16.3 Å². The molecule has 0 bridgehead atoms. The third-order valence-corrected chi connectivity index (χ3v) is 6.71. The highest BCUT2D eigenvalue weighted by Gasteiger charge is 2.47. The van der Waals surface area contributed by atoms with Crippen LogP contribution in [0.2, 0.25) is 5.02 Å². The monoisotopic (exact) mass is 455 g/mol. The number of alkyl halides is 3. The van der Waals surface area contributed by atoms with Gasteiger partial charge in [-0.1, -0.05) is 11.6 Å². The van der Waals surface area contributed by atoms with E-state index in [0.29, 0.717) is 50.3 Å². The Kier molecular flexibility index (Phi) is 5.29. The molecule has 1 spiro atoms. The molecule has 166 valence electrons. The maximum Gasteiger partial charge on any atom is 0.456 e. The molecule has 0 saturated carbocycles. The predicted molar refractivity (Wildman–Crippen MR) is 107 cm³/mol. The molecule has 10 heteroatoms. The van der Waals surface area contributed by atoms with Gasteiger partial charge in [-0.25, -0.2) is 0 Å². The number of benzene rings is 1. The summed E-state index contributed by atoms with van der Waals surface area (Å²) in [5, 5.41) is 9.65. The van der Waals surface area contributed by atoms with Gasteiger partial charge in [0.2, 0.25) is 0 Å². The van der Waals surface area contributed by atoms with Gasteiger partial charge in [0, 0.05) is 37.4 Å². The van der Waals surface area contributed by atoms with Gasteiger partial charge in [0.25, 0.3) is 11.7 Å². The lowest BCUT2D eigenvalue weighted by Crippen LogP contribution is -2.56. The van der Waals surface area contributed by atoms with Crippen molar-refractivity contribution in [2.24, 2.45) is 0 Å². The molecule has 2 aliphatic heterocycles. The zero-order chi connectivity index (χ0) is 22.6. The van der Waals surface area contributed by atoms with Crippen molar-refractivity contribution in [3.63, 3.8) is 0 Å². The number of halogens is 4. The zero-order valence-corrected chi connectivity index (χ0v) is 17.5. The number of ketones is 1. The molecule has 1 N–H and O–H groups in total. The first-order valence-corrected chi connectivity index (χ1v) is 10.2. The number of hydrogen-bond acceptors (Lipinski definition) is 4. The first-order chi connectivity index (χ1) is 14.5. The third kappa shape index (κ3) is 3.59. The minimum absolute atomic E-state index is 0.0889. The Morgan fingerprint density at radius 1 is 1.06 bits per heavy atom. The molecule has 0 unspecified atom stereocenters. The summed E-state index contributed by atoms with van der Waals surface area (Å²) in [5.41, 5.74) is 0.143. The van der Waals surface area contributed by atoms with E-state index in [1.807, 2.05) is 7.05 Å². The molecule has 0 radical (unpaired) electrons. The molecule has 0 aliphatic carbocycles. The van der Waals surface area contributed by atoms with E-state index in [4.69, 9.17) is 11.6 Å². The number of piperidine rings is 1. The molecular formula is C21H21ClF3N3O3. The lowest BCUT2D eigenvalue weighted by atomic mass is 9.81. The fourth-order valence-electron chi connectivity index (χ4n) is 4.66. The number of Topliss-reactive ketones (excluding diaryl/α,β-unsaturated/α-hetero) is 1. The molecule has 6 nitrogen and oxygen atoms in total. The van der Waals surface area contributed by atoms with E-state index in [1.54, 1.807) is 11.0 Å². The number of hydrogen-bond donors (Lipinski definition) is 1. The number of nitrogens with zero attached hydrogens (tertiary/aromatic N) is 3. The zero-order valence-electron chi connectivity index (χ0n) is 16.7. The number of phenolic OH excluding ortho intramolecular Hbond substituents is 1. The maximum atomic E-state index is 13.0. The summed E-state index contributed by atoms with van der Waals surface area (Å²) in [7, 11) is 1.92. The van der Waals surface area contributed by atoms with E-state index < -0.39 is 17.5 Å². The Morgan fingerprint density at radius 3 is 2.35 bits per heavy atom. The molecule has 31 heavy (non-hydrogen) atoms. The molecule has 1 fully saturated rings. The second-order valence-corrected chi connectivity index (χ2v) is 8.40. The number of likely N-dealkylation sites (tertiary alicyclic amines) is 1. The Bertz CT molecular complexity index is 1040. The number of carbonyl (C=O) groups is 2. The van der Waals surface area contributed by atoms with Crippen LogP contribution in [0.15, 0.2) is 30.3 Å². The fourth-order valence-corrected chi connectivity index (χ4v) is 4.84. The number of rotatable bonds is 2. The van der Waals surface area contributed by atoms with Gasteiger partial charge in [-0.2, -0.15) is 13.2 Å². The van der Waals surface area contributed by atoms with Gasteiger partial charge < -0.3 is 14.6 Å². The van der Waals surface area contributed by atoms with E-state index >= 15 is 0 Å². The Labute approximate surface area is 181 Å². The topological polar surface area (TPSA) is 65.8 Å². The van der Waals surface area contributed by atoms with Crippen molar-refractivity contribution in [3.05, 3.63) is 52.3 Å². The normalized spacial score (nSPS) is 18.8. The molecule has 2 aromatic rings. The van der Waals surface area contributed by atoms with Crippen LogP contribution in [0.1, 0.15) is 39.4 Å². The van der Waals surface area contributed by atoms with E-state index in [2.05, 4.69) is 4.90 Å². The summed E-state index contributed by atoms with van der Waals surface area (Å²) < 4.78 is 40.5. The second kappa shape index (κ2) is 7.56. The first-order valence-electron chi connectivity index (χ1n) is 9.85. The van der Waals surface area contributed by atoms with Crippen molar-refractivity contribution in [2.45, 2.75) is 31.1 Å². The fraction of sp³-hybridized carbons (Fsp3) is 0.429. The lowest BCUT2D eigenvalue weighted by molar-refractivity contribution is -0.0892. The Balaban J connectivity index is 1.58. The van der Waals surface area contributed by atoms with Crippen LogP contribution in [0.25, 0.3) is 0 Å². The predicted octanol–water partition coefficient (Wildman–Crippen LogP) is 3.67. The smallest absolute Gasteiger partial charge is 0.456 e. The van der Waals surface area contributed by atoms with Crippen LogP contribution in [0.4, 0.5) is 13.2 Å². The highest BCUT2D eigenvalue weighted by atomic mass is 35.5. The minimum Gasteiger partial charge on any atom is -0.506 e. The Hall–Kier alpha value is -2.52. The summed E-state index contributed by atoms with van der Waals surface area (Å²) >= 11 is 5.91. The summed E-state index contributed by atoms with van der Waals surface area (Å²) in [5.74, 6) is -2.17. The van der Waals surface area contributed by atoms with Crippen LogP contribution >= 0.6 is 11.6 Å². The number of phenols is 1. The largest absolute Gasteiger partial charge is 0.506 e. The van der Waals surface area contributed by atoms with Gasteiger partial charge >= 0.3 is 6.18 Å². The van der Waals surface area contributed by atoms with Crippen molar-refractivity contribution in [1.82, 2.24) is 14.4 Å². The summed E-state index contributed by atoms with van der Waals surface area (Å²) in [6, 6.07) is 7.13. The highest BCUT2D eigenvalue weighted by Crippen LogP contribution is 2.42. The van der Waals surface area contributed by atoms with Crippen LogP contribution in [-0.4, -0.2) is 64.0 Å². The second-order valence-electron chi connectivity index (χ2n) is 7.99. The highest BCUT2D eigenvalue weighted by molar-refractivity contribution is 6.32. The van der Waals surface area contributed by atoms with Gasteiger partial charge in [0.15, 0.2) is 0 Å². The number of amides is 1. The SMILES string of the molecule is CN1CCn2c(C(=O)C(F)(F)F)ccc2C12CCN(C(=O)c1ccc(O)c(Cl)c1)CC2. The van der Waals surface area contributed by atoms with E-state index in [-0.39, 0.29) is 22.4 Å². The third-order valence-electron chi connectivity index (χ3n) is 6.41. The summed E-state index contributed by atoms with van der Waals surface area (Å²) in [6.45, 7) is 1.60. The molecular weight excluding hydrogens is 435 g/mol. The van der Waals surface area contributed by atoms with Crippen molar-refractivity contribution < 1.29 is 27.9 Å². The molecule has 2 aliphatic rings. The molecule has 1 saturated heterocycles. The van der Waals surface area contributed by atoms with Gasteiger partial charge in [-0.15, -0.1) is 0 Å². The van der Waals surface area contributed by atoms with E-state index in [1.165, 1.54) is 28.8 Å². The number of aromatic nitrogens is 1. The van der Waals surface area contributed by atoms with Crippen molar-refractivity contribution in [1.29, 1.82) is 0 Å². The molecule has 0 atom stereocenters. The average molecular weight is 456 g/mol. The van der Waals surface area contributed by atoms with Gasteiger partial charge in [-0.05, 0) is 50.2 Å². The van der Waals surface area contributed by atoms with Crippen LogP contribution in [0.5, 0.6) is 5.75 Å². The minimum atomic E-state index is -4.92. The molecule has 1 aromatic carbocycles. The van der Waals surface area contributed by atoms with Crippen molar-refractivity contribution >= 4 is 23.3 Å². The van der Waals surface area contributed by atoms with Crippen LogP contribution in [-0.2, 0) is 12.1 Å². The summed E-state index contributed by atoms with van der Waals surface area (Å²) in [6.07, 6.45) is -3.89. The summed E-state index contributed by atoms with van der Waals surface area (Å²) in [4.78, 5) is 28.5.